The van der Waals surface area contributed by atoms with Crippen LogP contribution in [0.15, 0.2) is 0 Å². The molecule has 0 aromatic heterocycles. The number of hydrogen-bond donors (Lipinski definition) is 0. The fraction of sp³-hybridized carbons (Fsp3) is 0.958. The highest BCUT2D eigenvalue weighted by Crippen LogP contribution is 2.11. The zero-order valence-corrected chi connectivity index (χ0v) is 18.9. The third kappa shape index (κ3) is 21.6. The number of ether oxygens (including phenoxy) is 1. The molecule has 0 aliphatic rings. The standard InChI is InChI=1S/C24H49NO2/c1-4-6-8-10-12-14-16-18-20-25(22-23-27-24(3)26)21-19-17-15-13-11-9-7-5-2/h4-23H2,1-3H3. The summed E-state index contributed by atoms with van der Waals surface area (Å²) >= 11 is 0. The first-order valence-electron chi connectivity index (χ1n) is 12.1. The van der Waals surface area contributed by atoms with Crippen LogP contribution < -0.4 is 0 Å². The number of unbranched alkanes of at least 4 members (excludes halogenated alkanes) is 14. The smallest absolute Gasteiger partial charge is 0.302 e. The number of rotatable bonds is 21. The molecule has 3 nitrogen and oxygen atoms in total. The maximum absolute atomic E-state index is 11.0. The molecule has 3 heteroatoms. The van der Waals surface area contributed by atoms with Crippen LogP contribution in [0.4, 0.5) is 0 Å². The Morgan fingerprint density at radius 3 is 1.33 bits per heavy atom. The van der Waals surface area contributed by atoms with E-state index in [1.807, 2.05) is 0 Å². The predicted molar refractivity (Wildman–Crippen MR) is 118 cm³/mol. The van der Waals surface area contributed by atoms with Crippen LogP contribution in [0, 0.1) is 0 Å². The lowest BCUT2D eigenvalue weighted by Gasteiger charge is -2.22. The van der Waals surface area contributed by atoms with Gasteiger partial charge in [-0.3, -0.25) is 9.69 Å². The van der Waals surface area contributed by atoms with Crippen LogP contribution >= 0.6 is 0 Å². The zero-order chi connectivity index (χ0) is 20.0. The average molecular weight is 384 g/mol. The fourth-order valence-electron chi connectivity index (χ4n) is 3.59. The van der Waals surface area contributed by atoms with Crippen LogP contribution in [0.25, 0.3) is 0 Å². The van der Waals surface area contributed by atoms with Gasteiger partial charge in [-0.1, -0.05) is 104 Å². The average Bonchev–Trinajstić information content (AvgIpc) is 2.65. The number of carbonyl (C=O) groups is 1. The third-order valence-corrected chi connectivity index (χ3v) is 5.37. The zero-order valence-electron chi connectivity index (χ0n) is 18.9. The molecule has 0 spiro atoms. The van der Waals surface area contributed by atoms with Gasteiger partial charge in [-0.05, 0) is 25.9 Å². The van der Waals surface area contributed by atoms with Crippen molar-refractivity contribution in [3.05, 3.63) is 0 Å². The molecule has 0 saturated heterocycles. The van der Waals surface area contributed by atoms with Crippen LogP contribution in [-0.4, -0.2) is 37.1 Å². The summed E-state index contributed by atoms with van der Waals surface area (Å²) in [6.07, 6.45) is 21.8. The van der Waals surface area contributed by atoms with Crippen molar-refractivity contribution in [2.24, 2.45) is 0 Å². The molecule has 0 rings (SSSR count). The summed E-state index contributed by atoms with van der Waals surface area (Å²) in [5.41, 5.74) is 0. The van der Waals surface area contributed by atoms with Crippen LogP contribution in [0.5, 0.6) is 0 Å². The second-order valence-electron chi connectivity index (χ2n) is 8.13. The van der Waals surface area contributed by atoms with Crippen LogP contribution in [-0.2, 0) is 9.53 Å². The highest BCUT2D eigenvalue weighted by atomic mass is 16.5. The minimum Gasteiger partial charge on any atom is -0.465 e. The topological polar surface area (TPSA) is 29.5 Å². The Morgan fingerprint density at radius 2 is 0.963 bits per heavy atom. The Labute approximate surface area is 170 Å². The summed E-state index contributed by atoms with van der Waals surface area (Å²) in [7, 11) is 0. The molecule has 0 bridgehead atoms. The van der Waals surface area contributed by atoms with E-state index in [9.17, 15) is 4.79 Å². The molecule has 0 N–H and O–H groups in total. The van der Waals surface area contributed by atoms with E-state index in [1.54, 1.807) is 0 Å². The lowest BCUT2D eigenvalue weighted by molar-refractivity contribution is -0.141. The summed E-state index contributed by atoms with van der Waals surface area (Å²) in [6, 6.07) is 0. The summed E-state index contributed by atoms with van der Waals surface area (Å²) in [4.78, 5) is 13.5. The van der Waals surface area contributed by atoms with Crippen molar-refractivity contribution in [3.8, 4) is 0 Å². The first-order valence-corrected chi connectivity index (χ1v) is 12.1. The highest BCUT2D eigenvalue weighted by Gasteiger charge is 2.06. The van der Waals surface area contributed by atoms with E-state index in [-0.39, 0.29) is 5.97 Å². The molecule has 27 heavy (non-hydrogen) atoms. The van der Waals surface area contributed by atoms with Crippen LogP contribution in [0.3, 0.4) is 0 Å². The molecule has 0 heterocycles. The van der Waals surface area contributed by atoms with Crippen molar-refractivity contribution in [3.63, 3.8) is 0 Å². The van der Waals surface area contributed by atoms with Gasteiger partial charge in [0.05, 0.1) is 0 Å². The molecule has 0 aromatic carbocycles. The van der Waals surface area contributed by atoms with Gasteiger partial charge in [0.1, 0.15) is 6.61 Å². The van der Waals surface area contributed by atoms with E-state index < -0.39 is 0 Å². The van der Waals surface area contributed by atoms with Gasteiger partial charge in [-0.2, -0.15) is 0 Å². The molecule has 0 atom stereocenters. The quantitative estimate of drug-likeness (QED) is 0.156. The highest BCUT2D eigenvalue weighted by molar-refractivity contribution is 5.65. The molecular formula is C24H49NO2. The monoisotopic (exact) mass is 383 g/mol. The Hall–Kier alpha value is -0.570. The predicted octanol–water partition coefficient (Wildman–Crippen LogP) is 7.13. The maximum atomic E-state index is 11.0. The van der Waals surface area contributed by atoms with Gasteiger partial charge in [-0.25, -0.2) is 0 Å². The van der Waals surface area contributed by atoms with Gasteiger partial charge in [-0.15, -0.1) is 0 Å². The maximum Gasteiger partial charge on any atom is 0.302 e. The molecular weight excluding hydrogens is 334 g/mol. The van der Waals surface area contributed by atoms with E-state index >= 15 is 0 Å². The van der Waals surface area contributed by atoms with E-state index in [0.29, 0.717) is 6.61 Å². The van der Waals surface area contributed by atoms with Crippen molar-refractivity contribution in [1.29, 1.82) is 0 Å². The molecule has 0 radical (unpaired) electrons. The van der Waals surface area contributed by atoms with Gasteiger partial charge in [0.15, 0.2) is 0 Å². The summed E-state index contributed by atoms with van der Waals surface area (Å²) in [5.74, 6) is -0.158. The third-order valence-electron chi connectivity index (χ3n) is 5.37. The summed E-state index contributed by atoms with van der Waals surface area (Å²) < 4.78 is 5.16. The molecule has 0 fully saturated rings. The largest absolute Gasteiger partial charge is 0.465 e. The Kier molecular flexibility index (Phi) is 21.3. The van der Waals surface area contributed by atoms with Gasteiger partial charge < -0.3 is 4.74 Å². The van der Waals surface area contributed by atoms with E-state index in [4.69, 9.17) is 4.74 Å². The minimum atomic E-state index is -0.158. The SMILES string of the molecule is CCCCCCCCCCN(CCCCCCCCCC)CCOC(C)=O. The lowest BCUT2D eigenvalue weighted by Crippen LogP contribution is -2.30. The molecule has 162 valence electrons. The number of esters is 1. The second kappa shape index (κ2) is 21.7. The Balaban J connectivity index is 3.75. The normalized spacial score (nSPS) is 11.3. The van der Waals surface area contributed by atoms with E-state index in [1.165, 1.54) is 110 Å². The molecule has 0 aliphatic heterocycles. The molecule has 0 saturated carbocycles. The molecule has 0 aromatic rings. The van der Waals surface area contributed by atoms with Crippen molar-refractivity contribution in [2.45, 2.75) is 124 Å². The second-order valence-corrected chi connectivity index (χ2v) is 8.13. The number of nitrogens with zero attached hydrogens (tertiary/aromatic N) is 1. The summed E-state index contributed by atoms with van der Waals surface area (Å²) in [6.45, 7) is 9.81. The van der Waals surface area contributed by atoms with Gasteiger partial charge in [0.2, 0.25) is 0 Å². The lowest BCUT2D eigenvalue weighted by atomic mass is 10.1. The van der Waals surface area contributed by atoms with E-state index in [0.717, 1.165) is 19.6 Å². The molecule has 0 amide bonds. The van der Waals surface area contributed by atoms with E-state index in [2.05, 4.69) is 18.7 Å². The molecule has 0 unspecified atom stereocenters. The Bertz CT molecular complexity index is 287. The van der Waals surface area contributed by atoms with Crippen molar-refractivity contribution >= 4 is 5.97 Å². The minimum absolute atomic E-state index is 0.158. The fourth-order valence-corrected chi connectivity index (χ4v) is 3.59. The number of hydrogen-bond acceptors (Lipinski definition) is 3. The van der Waals surface area contributed by atoms with Crippen molar-refractivity contribution in [2.75, 3.05) is 26.2 Å². The van der Waals surface area contributed by atoms with Crippen molar-refractivity contribution in [1.82, 2.24) is 4.90 Å². The van der Waals surface area contributed by atoms with Crippen LogP contribution in [0.2, 0.25) is 0 Å². The Morgan fingerprint density at radius 1 is 0.593 bits per heavy atom. The summed E-state index contributed by atoms with van der Waals surface area (Å²) in [5, 5.41) is 0. The first-order chi connectivity index (χ1) is 13.2. The van der Waals surface area contributed by atoms with Gasteiger partial charge in [0.25, 0.3) is 0 Å². The molecule has 0 aliphatic carbocycles. The number of carbonyl (C=O) groups excluding carboxylic acids is 1. The first kappa shape index (κ1) is 26.4. The van der Waals surface area contributed by atoms with Crippen LogP contribution in [0.1, 0.15) is 124 Å². The van der Waals surface area contributed by atoms with Gasteiger partial charge >= 0.3 is 5.97 Å². The van der Waals surface area contributed by atoms with Gasteiger partial charge in [0, 0.05) is 13.5 Å². The van der Waals surface area contributed by atoms with Crippen molar-refractivity contribution < 1.29 is 9.53 Å².